The van der Waals surface area contributed by atoms with Gasteiger partial charge in [0.15, 0.2) is 22.5 Å². The van der Waals surface area contributed by atoms with Crippen molar-refractivity contribution in [3.8, 4) is 11.5 Å². The summed E-state index contributed by atoms with van der Waals surface area (Å²) in [5, 5.41) is 15.1. The molecular formula is C22H33F2N3O3SSi. The third-order valence-corrected chi connectivity index (χ3v) is 6.54. The lowest BCUT2D eigenvalue weighted by atomic mass is 9.95. The van der Waals surface area contributed by atoms with Crippen LogP contribution in [0.4, 0.5) is 14.5 Å². The molecule has 0 atom stereocenters. The average Bonchev–Trinajstić information content (AvgIpc) is 3.13. The molecule has 0 spiro atoms. The molecule has 0 amide bonds. The van der Waals surface area contributed by atoms with E-state index in [9.17, 15) is 13.9 Å². The molecule has 0 aliphatic carbocycles. The molecule has 0 fully saturated rings. The van der Waals surface area contributed by atoms with E-state index in [0.717, 1.165) is 18.2 Å². The van der Waals surface area contributed by atoms with Crippen LogP contribution in [0.25, 0.3) is 0 Å². The zero-order chi connectivity index (χ0) is 23.9. The molecule has 1 aromatic carbocycles. The molecule has 3 N–H and O–H groups in total. The molecule has 1 aromatic heterocycles. The number of ether oxygens (including phenoxy) is 2. The van der Waals surface area contributed by atoms with Gasteiger partial charge in [-0.3, -0.25) is 0 Å². The number of aliphatic hydroxyl groups excluding tert-OH is 1. The number of aliphatic hydroxyl groups is 1. The van der Waals surface area contributed by atoms with Crippen molar-refractivity contribution in [2.45, 2.75) is 46.3 Å². The second kappa shape index (κ2) is 11.2. The average molecular weight is 486 g/mol. The van der Waals surface area contributed by atoms with Gasteiger partial charge >= 0.3 is 0 Å². The Labute approximate surface area is 194 Å². The number of benzene rings is 1. The van der Waals surface area contributed by atoms with E-state index in [1.54, 1.807) is 23.0 Å². The van der Waals surface area contributed by atoms with E-state index in [4.69, 9.17) is 21.7 Å². The lowest BCUT2D eigenvalue weighted by molar-refractivity contribution is 0.0873. The van der Waals surface area contributed by atoms with Crippen LogP contribution in [0.1, 0.15) is 13.8 Å². The fourth-order valence-corrected chi connectivity index (χ4v) is 3.45. The minimum Gasteiger partial charge on any atom is -0.450 e. The molecule has 0 radical (unpaired) electrons. The summed E-state index contributed by atoms with van der Waals surface area (Å²) in [5.74, 6) is -1.90. The molecule has 0 aliphatic rings. The van der Waals surface area contributed by atoms with Crippen LogP contribution >= 0.6 is 12.2 Å². The summed E-state index contributed by atoms with van der Waals surface area (Å²) in [5.41, 5.74) is -0.226. The Morgan fingerprint density at radius 3 is 2.47 bits per heavy atom. The van der Waals surface area contributed by atoms with Gasteiger partial charge in [0.1, 0.15) is 12.5 Å². The van der Waals surface area contributed by atoms with Gasteiger partial charge in [0.2, 0.25) is 0 Å². The number of nitrogens with zero attached hydrogens (tertiary/aromatic N) is 1. The van der Waals surface area contributed by atoms with Gasteiger partial charge in [-0.25, -0.2) is 8.78 Å². The zero-order valence-corrected chi connectivity index (χ0v) is 21.1. The standard InChI is InChI=1S/C22H33F2N3O3SSi/c1-22(2,14-28)13-25-21(31)26-16-10-18(23)20(19(24)11-16)30-17-6-7-27(12-17)15-29-8-9-32(3,4)5/h6-7,10-12,28H,8-9,13-15H2,1-5H3,(H2,25,26,31). The number of hydrogen-bond donors (Lipinski definition) is 3. The summed E-state index contributed by atoms with van der Waals surface area (Å²) in [6.07, 6.45) is 3.36. The molecule has 0 unspecified atom stereocenters. The lowest BCUT2D eigenvalue weighted by Crippen LogP contribution is -2.38. The second-order valence-corrected chi connectivity index (χ2v) is 15.7. The van der Waals surface area contributed by atoms with Gasteiger partial charge in [0.05, 0.1) is 0 Å². The fourth-order valence-electron chi connectivity index (χ4n) is 2.51. The van der Waals surface area contributed by atoms with Crippen LogP contribution in [0.5, 0.6) is 11.5 Å². The fraction of sp³-hybridized carbons (Fsp3) is 0.500. The lowest BCUT2D eigenvalue weighted by Gasteiger charge is -2.23. The van der Waals surface area contributed by atoms with Crippen molar-refractivity contribution in [2.75, 3.05) is 25.1 Å². The van der Waals surface area contributed by atoms with E-state index in [1.165, 1.54) is 0 Å². The maximum absolute atomic E-state index is 14.5. The number of hydrogen-bond acceptors (Lipinski definition) is 4. The Morgan fingerprint density at radius 1 is 1.22 bits per heavy atom. The first-order valence-electron chi connectivity index (χ1n) is 10.4. The number of anilines is 1. The zero-order valence-electron chi connectivity index (χ0n) is 19.3. The van der Waals surface area contributed by atoms with Crippen molar-refractivity contribution in [3.05, 3.63) is 42.2 Å². The maximum atomic E-state index is 14.5. The molecule has 0 saturated carbocycles. The molecule has 1 heterocycles. The van der Waals surface area contributed by atoms with Crippen molar-refractivity contribution in [1.82, 2.24) is 9.88 Å². The Kier molecular flexibility index (Phi) is 9.20. The molecular weight excluding hydrogens is 452 g/mol. The molecule has 2 aromatic rings. The predicted molar refractivity (Wildman–Crippen MR) is 130 cm³/mol. The highest BCUT2D eigenvalue weighted by Crippen LogP contribution is 2.30. The van der Waals surface area contributed by atoms with Crippen molar-refractivity contribution in [3.63, 3.8) is 0 Å². The Balaban J connectivity index is 1.93. The van der Waals surface area contributed by atoms with E-state index < -0.39 is 25.5 Å². The number of aromatic nitrogens is 1. The minimum absolute atomic E-state index is 0.0236. The summed E-state index contributed by atoms with van der Waals surface area (Å²) in [4.78, 5) is 0. The van der Waals surface area contributed by atoms with Crippen LogP contribution in [0.15, 0.2) is 30.6 Å². The monoisotopic (exact) mass is 485 g/mol. The SMILES string of the molecule is CC(C)(CO)CNC(=S)Nc1cc(F)c(Oc2ccn(COCC[Si](C)(C)C)c2)c(F)c1. The predicted octanol–water partition coefficient (Wildman–Crippen LogP) is 5.18. The number of thiocarbonyl (C=S) groups is 1. The van der Waals surface area contributed by atoms with Gasteiger partial charge in [-0.2, -0.15) is 0 Å². The highest BCUT2D eigenvalue weighted by molar-refractivity contribution is 7.80. The van der Waals surface area contributed by atoms with Crippen LogP contribution in [-0.2, 0) is 11.5 Å². The Morgan fingerprint density at radius 2 is 1.88 bits per heavy atom. The number of rotatable bonds is 11. The molecule has 0 aliphatic heterocycles. The molecule has 10 heteroatoms. The minimum atomic E-state index is -1.15. The Hall–Kier alpha value is -2.01. The first-order chi connectivity index (χ1) is 14.9. The first kappa shape index (κ1) is 26.2. The van der Waals surface area contributed by atoms with Crippen LogP contribution in [0.3, 0.4) is 0 Å². The van der Waals surface area contributed by atoms with Crippen molar-refractivity contribution < 1.29 is 23.4 Å². The van der Waals surface area contributed by atoms with E-state index >= 15 is 0 Å². The van der Waals surface area contributed by atoms with Crippen molar-refractivity contribution >= 4 is 31.1 Å². The molecule has 32 heavy (non-hydrogen) atoms. The highest BCUT2D eigenvalue weighted by Gasteiger charge is 2.18. The van der Waals surface area contributed by atoms with Gasteiger partial charge in [-0.1, -0.05) is 33.5 Å². The van der Waals surface area contributed by atoms with E-state index in [-0.39, 0.29) is 22.8 Å². The molecule has 178 valence electrons. The number of halogens is 2. The normalized spacial score (nSPS) is 12.0. The topological polar surface area (TPSA) is 67.7 Å². The summed E-state index contributed by atoms with van der Waals surface area (Å²) < 4.78 is 41.9. The summed E-state index contributed by atoms with van der Waals surface area (Å²) >= 11 is 5.15. The molecule has 2 rings (SSSR count). The van der Waals surface area contributed by atoms with Crippen molar-refractivity contribution in [2.24, 2.45) is 5.41 Å². The third-order valence-electron chi connectivity index (χ3n) is 4.59. The quantitative estimate of drug-likeness (QED) is 0.232. The largest absolute Gasteiger partial charge is 0.450 e. The van der Waals surface area contributed by atoms with Crippen LogP contribution in [0, 0.1) is 17.0 Å². The summed E-state index contributed by atoms with van der Waals surface area (Å²) in [6, 6.07) is 4.90. The van der Waals surface area contributed by atoms with Crippen LogP contribution < -0.4 is 15.4 Å². The second-order valence-electron chi connectivity index (χ2n) is 9.71. The van der Waals surface area contributed by atoms with E-state index in [2.05, 4.69) is 30.3 Å². The third kappa shape index (κ3) is 8.85. The van der Waals surface area contributed by atoms with Crippen LogP contribution in [-0.4, -0.2) is 42.6 Å². The van der Waals surface area contributed by atoms with Gasteiger partial charge in [-0.15, -0.1) is 0 Å². The molecule has 0 saturated heterocycles. The first-order valence-corrected chi connectivity index (χ1v) is 14.6. The van der Waals surface area contributed by atoms with Crippen LogP contribution in [0.2, 0.25) is 25.7 Å². The van der Waals surface area contributed by atoms with Gasteiger partial charge < -0.3 is 29.8 Å². The summed E-state index contributed by atoms with van der Waals surface area (Å²) in [6.45, 7) is 12.0. The van der Waals surface area contributed by atoms with Gasteiger partial charge in [0.25, 0.3) is 0 Å². The van der Waals surface area contributed by atoms with Gasteiger partial charge in [0, 0.05) is 63.5 Å². The summed E-state index contributed by atoms with van der Waals surface area (Å²) in [7, 11) is -1.15. The van der Waals surface area contributed by atoms with E-state index in [1.807, 2.05) is 13.8 Å². The van der Waals surface area contributed by atoms with E-state index in [0.29, 0.717) is 25.6 Å². The Bertz CT molecular complexity index is 893. The molecule has 6 nitrogen and oxygen atoms in total. The molecule has 0 bridgehead atoms. The van der Waals surface area contributed by atoms with Crippen molar-refractivity contribution in [1.29, 1.82) is 0 Å². The van der Waals surface area contributed by atoms with Gasteiger partial charge in [-0.05, 0) is 24.3 Å². The highest BCUT2D eigenvalue weighted by atomic mass is 32.1. The number of nitrogens with one attached hydrogen (secondary N) is 2. The maximum Gasteiger partial charge on any atom is 0.198 e. The smallest absolute Gasteiger partial charge is 0.198 e.